The number of rotatable bonds is 7. The Balaban J connectivity index is 1.43. The number of nitrogens with zero attached hydrogens (tertiary/aromatic N) is 3. The van der Waals surface area contributed by atoms with Crippen molar-refractivity contribution >= 4 is 52.3 Å². The van der Waals surface area contributed by atoms with Crippen LogP contribution in [0.3, 0.4) is 0 Å². The highest BCUT2D eigenvalue weighted by Crippen LogP contribution is 2.35. The number of esters is 1. The SMILES string of the molecule is CCOC(=O)C1=C(C)N=c2s/c(=C\c3ccc(-c4ccc([N+](=O)[O-])cc4)o3)c(=O)n2[C@H]1c1ccc(-c2ccc(Cl)c(Cl)c2)o1. The lowest BCUT2D eigenvalue weighted by atomic mass is 10.0. The van der Waals surface area contributed by atoms with Gasteiger partial charge in [0, 0.05) is 29.3 Å². The highest BCUT2D eigenvalue weighted by atomic mass is 35.5. The van der Waals surface area contributed by atoms with Crippen LogP contribution in [0, 0.1) is 10.1 Å². The molecule has 1 atom stereocenters. The quantitative estimate of drug-likeness (QED) is 0.111. The number of hydrogen-bond donors (Lipinski definition) is 0. The van der Waals surface area contributed by atoms with E-state index in [1.54, 1.807) is 74.5 Å². The molecule has 222 valence electrons. The second-order valence-electron chi connectivity index (χ2n) is 9.64. The summed E-state index contributed by atoms with van der Waals surface area (Å²) < 4.78 is 19.2. The number of thiazole rings is 1. The summed E-state index contributed by atoms with van der Waals surface area (Å²) in [4.78, 5) is 42.5. The minimum Gasteiger partial charge on any atom is -0.463 e. The van der Waals surface area contributed by atoms with Crippen LogP contribution in [0.5, 0.6) is 0 Å². The highest BCUT2D eigenvalue weighted by Gasteiger charge is 2.35. The average molecular weight is 650 g/mol. The molecule has 2 aromatic carbocycles. The van der Waals surface area contributed by atoms with Crippen molar-refractivity contribution in [1.82, 2.24) is 4.57 Å². The molecule has 0 aliphatic carbocycles. The van der Waals surface area contributed by atoms with Crippen LogP contribution in [-0.2, 0) is 9.53 Å². The third kappa shape index (κ3) is 5.41. The molecule has 5 aromatic rings. The fourth-order valence-electron chi connectivity index (χ4n) is 4.83. The Bertz CT molecular complexity index is 2160. The summed E-state index contributed by atoms with van der Waals surface area (Å²) in [5, 5.41) is 11.7. The van der Waals surface area contributed by atoms with Crippen molar-refractivity contribution in [2.75, 3.05) is 6.61 Å². The first kappa shape index (κ1) is 29.4. The maximum atomic E-state index is 13.9. The van der Waals surface area contributed by atoms with E-state index in [2.05, 4.69) is 4.99 Å². The zero-order valence-corrected chi connectivity index (χ0v) is 25.4. The number of furan rings is 2. The molecule has 0 saturated heterocycles. The second-order valence-corrected chi connectivity index (χ2v) is 11.5. The van der Waals surface area contributed by atoms with Crippen LogP contribution in [0.1, 0.15) is 31.4 Å². The number of hydrogen-bond acceptors (Lipinski definition) is 9. The molecule has 13 heteroatoms. The summed E-state index contributed by atoms with van der Waals surface area (Å²) in [6.07, 6.45) is 1.59. The van der Waals surface area contributed by atoms with Gasteiger partial charge >= 0.3 is 5.97 Å². The van der Waals surface area contributed by atoms with Crippen molar-refractivity contribution in [3.8, 4) is 22.6 Å². The second kappa shape index (κ2) is 11.8. The number of ether oxygens (including phenoxy) is 1. The van der Waals surface area contributed by atoms with E-state index < -0.39 is 22.5 Å². The molecule has 0 unspecified atom stereocenters. The molecule has 0 fully saturated rings. The largest absolute Gasteiger partial charge is 0.463 e. The molecule has 0 saturated carbocycles. The number of nitro benzene ring substituents is 1. The zero-order chi connectivity index (χ0) is 31.1. The maximum Gasteiger partial charge on any atom is 0.338 e. The van der Waals surface area contributed by atoms with Crippen LogP contribution in [0.25, 0.3) is 28.7 Å². The van der Waals surface area contributed by atoms with E-state index in [-0.39, 0.29) is 17.9 Å². The van der Waals surface area contributed by atoms with Gasteiger partial charge in [0.15, 0.2) is 4.80 Å². The van der Waals surface area contributed by atoms with Crippen LogP contribution in [0.4, 0.5) is 5.69 Å². The van der Waals surface area contributed by atoms with E-state index in [9.17, 15) is 19.7 Å². The molecular formula is C31H21Cl2N3O7S. The minimum absolute atomic E-state index is 0.0330. The van der Waals surface area contributed by atoms with Crippen molar-refractivity contribution in [3.05, 3.63) is 129 Å². The molecule has 44 heavy (non-hydrogen) atoms. The molecule has 0 amide bonds. The summed E-state index contributed by atoms with van der Waals surface area (Å²) in [7, 11) is 0. The highest BCUT2D eigenvalue weighted by molar-refractivity contribution is 7.07. The van der Waals surface area contributed by atoms with Gasteiger partial charge in [0.1, 0.15) is 29.1 Å². The number of halogens is 2. The van der Waals surface area contributed by atoms with Crippen LogP contribution in [0.2, 0.25) is 10.0 Å². The molecule has 0 N–H and O–H groups in total. The molecule has 0 spiro atoms. The van der Waals surface area contributed by atoms with Crippen molar-refractivity contribution in [1.29, 1.82) is 0 Å². The van der Waals surface area contributed by atoms with Crippen molar-refractivity contribution in [3.63, 3.8) is 0 Å². The van der Waals surface area contributed by atoms with Crippen LogP contribution in [-0.4, -0.2) is 22.1 Å². The number of non-ortho nitro benzene ring substituents is 1. The van der Waals surface area contributed by atoms with Gasteiger partial charge in [-0.05, 0) is 68.4 Å². The fourth-order valence-corrected chi connectivity index (χ4v) is 6.15. The van der Waals surface area contributed by atoms with E-state index in [4.69, 9.17) is 36.8 Å². The topological polar surface area (TPSA) is 130 Å². The normalized spacial score (nSPS) is 14.8. The number of benzene rings is 2. The van der Waals surface area contributed by atoms with Gasteiger partial charge in [-0.1, -0.05) is 34.5 Å². The Labute approximate surface area is 262 Å². The summed E-state index contributed by atoms with van der Waals surface area (Å²) >= 11 is 13.4. The van der Waals surface area contributed by atoms with E-state index in [1.165, 1.54) is 16.7 Å². The smallest absolute Gasteiger partial charge is 0.338 e. The predicted molar refractivity (Wildman–Crippen MR) is 165 cm³/mol. The lowest BCUT2D eigenvalue weighted by molar-refractivity contribution is -0.384. The summed E-state index contributed by atoms with van der Waals surface area (Å²) in [6, 6.07) is 16.9. The molecule has 1 aliphatic rings. The zero-order valence-electron chi connectivity index (χ0n) is 23.1. The van der Waals surface area contributed by atoms with Gasteiger partial charge in [0.05, 0.1) is 37.4 Å². The van der Waals surface area contributed by atoms with Gasteiger partial charge in [-0.3, -0.25) is 19.5 Å². The molecule has 10 nitrogen and oxygen atoms in total. The Hall–Kier alpha value is -4.71. The number of aromatic nitrogens is 1. The van der Waals surface area contributed by atoms with Crippen LogP contribution in [0.15, 0.2) is 96.6 Å². The van der Waals surface area contributed by atoms with Gasteiger partial charge in [0.25, 0.3) is 11.2 Å². The van der Waals surface area contributed by atoms with Crippen molar-refractivity contribution < 1.29 is 23.3 Å². The standard InChI is InChI=1S/C31H21Cl2N3O7S/c1-3-41-30(38)27-16(2)34-31-35(28(27)25-13-12-24(43-25)18-6-10-21(32)22(33)14-18)29(37)26(44-31)15-20-9-11-23(42-20)17-4-7-19(8-5-17)36(39)40/h4-15,28H,3H2,1-2H3/b26-15-/t28-/m0/s1. The molecule has 4 heterocycles. The van der Waals surface area contributed by atoms with Gasteiger partial charge < -0.3 is 13.6 Å². The number of nitro groups is 1. The number of fused-ring (bicyclic) bond motifs is 1. The third-order valence-electron chi connectivity index (χ3n) is 6.88. The lowest BCUT2D eigenvalue weighted by Gasteiger charge is -2.22. The summed E-state index contributed by atoms with van der Waals surface area (Å²) in [5.41, 5.74) is 1.44. The van der Waals surface area contributed by atoms with Gasteiger partial charge in [-0.2, -0.15) is 0 Å². The number of carbonyl (C=O) groups excluding carboxylic acids is 1. The fraction of sp³-hybridized carbons (Fsp3) is 0.129. The average Bonchev–Trinajstić information content (AvgIpc) is 3.74. The van der Waals surface area contributed by atoms with E-state index in [1.807, 2.05) is 0 Å². The van der Waals surface area contributed by atoms with Crippen LogP contribution >= 0.6 is 34.5 Å². The Kier molecular flexibility index (Phi) is 7.85. The maximum absolute atomic E-state index is 13.9. The predicted octanol–water partition coefficient (Wildman–Crippen LogP) is 6.53. The molecule has 1 aliphatic heterocycles. The Morgan fingerprint density at radius 2 is 1.75 bits per heavy atom. The molecule has 3 aromatic heterocycles. The molecular weight excluding hydrogens is 629 g/mol. The Morgan fingerprint density at radius 1 is 1.05 bits per heavy atom. The summed E-state index contributed by atoms with van der Waals surface area (Å²) in [5.74, 6) is 1.05. The van der Waals surface area contributed by atoms with Crippen LogP contribution < -0.4 is 14.9 Å². The van der Waals surface area contributed by atoms with E-state index >= 15 is 0 Å². The molecule has 0 radical (unpaired) electrons. The van der Waals surface area contributed by atoms with Gasteiger partial charge in [-0.25, -0.2) is 9.79 Å². The first-order chi connectivity index (χ1) is 21.1. The monoisotopic (exact) mass is 649 g/mol. The van der Waals surface area contributed by atoms with Crippen molar-refractivity contribution in [2.24, 2.45) is 4.99 Å². The van der Waals surface area contributed by atoms with Gasteiger partial charge in [-0.15, -0.1) is 0 Å². The van der Waals surface area contributed by atoms with E-state index in [0.29, 0.717) is 59.2 Å². The number of carbonyl (C=O) groups is 1. The van der Waals surface area contributed by atoms with E-state index in [0.717, 1.165) is 11.3 Å². The third-order valence-corrected chi connectivity index (χ3v) is 8.60. The van der Waals surface area contributed by atoms with Crippen molar-refractivity contribution in [2.45, 2.75) is 19.9 Å². The lowest BCUT2D eigenvalue weighted by Crippen LogP contribution is -2.39. The Morgan fingerprint density at radius 3 is 2.45 bits per heavy atom. The summed E-state index contributed by atoms with van der Waals surface area (Å²) in [6.45, 7) is 3.51. The molecule has 0 bridgehead atoms. The first-order valence-corrected chi connectivity index (χ1v) is 14.8. The minimum atomic E-state index is -0.948. The molecule has 6 rings (SSSR count). The van der Waals surface area contributed by atoms with Gasteiger partial charge in [0.2, 0.25) is 0 Å². The number of allylic oxidation sites excluding steroid dienone is 1. The first-order valence-electron chi connectivity index (χ1n) is 13.2.